The molecule has 0 aliphatic carbocycles. The number of carbonyl (C=O) groups excluding carboxylic acids is 1. The van der Waals surface area contributed by atoms with Gasteiger partial charge in [-0.2, -0.15) is 0 Å². The maximum absolute atomic E-state index is 12.7. The molecule has 116 valence electrons. The van der Waals surface area contributed by atoms with Gasteiger partial charge in [0, 0.05) is 30.4 Å². The average Bonchev–Trinajstić information content (AvgIpc) is 2.57. The van der Waals surface area contributed by atoms with Crippen LogP contribution in [0.3, 0.4) is 0 Å². The van der Waals surface area contributed by atoms with Crippen molar-refractivity contribution >= 4 is 11.5 Å². The Morgan fingerprint density at radius 2 is 1.68 bits per heavy atom. The summed E-state index contributed by atoms with van der Waals surface area (Å²) in [5.41, 5.74) is 2.38. The predicted octanol–water partition coefficient (Wildman–Crippen LogP) is 4.16. The van der Waals surface area contributed by atoms with Crippen molar-refractivity contribution in [3.8, 4) is 5.75 Å². The Bertz CT molecular complexity index is 619. The van der Waals surface area contributed by atoms with Gasteiger partial charge in [0.05, 0.1) is 12.2 Å². The van der Waals surface area contributed by atoms with Crippen LogP contribution in [-0.2, 0) is 0 Å². The summed E-state index contributed by atoms with van der Waals surface area (Å²) < 4.78 is 5.71. The van der Waals surface area contributed by atoms with E-state index in [1.807, 2.05) is 55.5 Å². The van der Waals surface area contributed by atoms with E-state index in [-0.39, 0.29) is 5.78 Å². The van der Waals surface area contributed by atoms with Gasteiger partial charge in [-0.1, -0.05) is 30.3 Å². The predicted molar refractivity (Wildman–Crippen MR) is 91.0 cm³/mol. The largest absolute Gasteiger partial charge is 0.493 e. The Balaban J connectivity index is 2.41. The summed E-state index contributed by atoms with van der Waals surface area (Å²) in [5, 5.41) is 0. The molecule has 0 amide bonds. The highest BCUT2D eigenvalue weighted by molar-refractivity contribution is 6.10. The Labute approximate surface area is 132 Å². The topological polar surface area (TPSA) is 29.5 Å². The lowest BCUT2D eigenvalue weighted by Crippen LogP contribution is -2.22. The van der Waals surface area contributed by atoms with Crippen molar-refractivity contribution in [2.45, 2.75) is 20.8 Å². The van der Waals surface area contributed by atoms with Crippen molar-refractivity contribution in [1.82, 2.24) is 0 Å². The molecule has 2 aromatic carbocycles. The van der Waals surface area contributed by atoms with E-state index in [1.54, 1.807) is 0 Å². The van der Waals surface area contributed by atoms with Crippen molar-refractivity contribution in [1.29, 1.82) is 0 Å². The van der Waals surface area contributed by atoms with Gasteiger partial charge in [-0.3, -0.25) is 4.79 Å². The normalized spacial score (nSPS) is 10.3. The minimum atomic E-state index is -0.00449. The molecule has 0 saturated carbocycles. The van der Waals surface area contributed by atoms with Gasteiger partial charge in [-0.25, -0.2) is 0 Å². The van der Waals surface area contributed by atoms with Crippen LogP contribution in [0, 0.1) is 0 Å². The summed E-state index contributed by atoms with van der Waals surface area (Å²) >= 11 is 0. The fraction of sp³-hybridized carbons (Fsp3) is 0.316. The van der Waals surface area contributed by atoms with Crippen LogP contribution < -0.4 is 9.64 Å². The van der Waals surface area contributed by atoms with Crippen LogP contribution in [-0.4, -0.2) is 25.5 Å². The van der Waals surface area contributed by atoms with E-state index < -0.39 is 0 Å². The maximum atomic E-state index is 12.7. The highest BCUT2D eigenvalue weighted by atomic mass is 16.5. The molecule has 22 heavy (non-hydrogen) atoms. The molecule has 0 aliphatic heterocycles. The highest BCUT2D eigenvalue weighted by Gasteiger charge is 2.16. The van der Waals surface area contributed by atoms with Gasteiger partial charge >= 0.3 is 0 Å². The summed E-state index contributed by atoms with van der Waals surface area (Å²) in [5.74, 6) is 0.649. The van der Waals surface area contributed by atoms with E-state index in [2.05, 4.69) is 18.7 Å². The van der Waals surface area contributed by atoms with E-state index in [4.69, 9.17) is 4.74 Å². The second-order valence-electron chi connectivity index (χ2n) is 4.98. The number of ether oxygens (including phenoxy) is 1. The number of hydrogen-bond acceptors (Lipinski definition) is 3. The van der Waals surface area contributed by atoms with Crippen LogP contribution in [0.25, 0.3) is 0 Å². The Kier molecular flexibility index (Phi) is 5.59. The molecular formula is C19H23NO2. The first-order chi connectivity index (χ1) is 10.7. The lowest BCUT2D eigenvalue weighted by Gasteiger charge is -2.22. The molecule has 0 radical (unpaired) electrons. The molecule has 0 unspecified atom stereocenters. The van der Waals surface area contributed by atoms with E-state index in [1.165, 1.54) is 0 Å². The first-order valence-corrected chi connectivity index (χ1v) is 7.82. The van der Waals surface area contributed by atoms with Crippen molar-refractivity contribution in [3.63, 3.8) is 0 Å². The van der Waals surface area contributed by atoms with Crippen molar-refractivity contribution in [2.75, 3.05) is 24.6 Å². The van der Waals surface area contributed by atoms with Crippen molar-refractivity contribution in [3.05, 3.63) is 59.7 Å². The van der Waals surface area contributed by atoms with Crippen LogP contribution in [0.2, 0.25) is 0 Å². The van der Waals surface area contributed by atoms with Crippen LogP contribution in [0.4, 0.5) is 5.69 Å². The molecule has 3 nitrogen and oxygen atoms in total. The number of hydrogen-bond donors (Lipinski definition) is 0. The van der Waals surface area contributed by atoms with Gasteiger partial charge in [0.15, 0.2) is 5.78 Å². The smallest absolute Gasteiger partial charge is 0.196 e. The van der Waals surface area contributed by atoms with Gasteiger partial charge in [0.25, 0.3) is 0 Å². The zero-order valence-electron chi connectivity index (χ0n) is 13.5. The summed E-state index contributed by atoms with van der Waals surface area (Å²) in [6.07, 6.45) is 0. The monoisotopic (exact) mass is 297 g/mol. The molecule has 0 N–H and O–H groups in total. The molecule has 3 heteroatoms. The summed E-state index contributed by atoms with van der Waals surface area (Å²) in [6.45, 7) is 8.56. The second kappa shape index (κ2) is 7.64. The van der Waals surface area contributed by atoms with Gasteiger partial charge < -0.3 is 9.64 Å². The summed E-state index contributed by atoms with van der Waals surface area (Å²) in [4.78, 5) is 14.9. The molecule has 2 aromatic rings. The molecule has 0 fully saturated rings. The SMILES string of the molecule is CCOc1cc(N(CC)CC)ccc1C(=O)c1ccccc1. The van der Waals surface area contributed by atoms with Gasteiger partial charge in [-0.05, 0) is 32.9 Å². The van der Waals surface area contributed by atoms with Crippen molar-refractivity contribution < 1.29 is 9.53 Å². The van der Waals surface area contributed by atoms with E-state index in [0.29, 0.717) is 23.5 Å². The van der Waals surface area contributed by atoms with Gasteiger partial charge in [0.1, 0.15) is 5.75 Å². The van der Waals surface area contributed by atoms with Gasteiger partial charge in [0.2, 0.25) is 0 Å². The Morgan fingerprint density at radius 1 is 1.00 bits per heavy atom. The molecule has 0 aliphatic rings. The minimum Gasteiger partial charge on any atom is -0.493 e. The number of benzene rings is 2. The Morgan fingerprint density at radius 3 is 2.27 bits per heavy atom. The van der Waals surface area contributed by atoms with Gasteiger partial charge in [-0.15, -0.1) is 0 Å². The number of nitrogens with zero attached hydrogens (tertiary/aromatic N) is 1. The lowest BCUT2D eigenvalue weighted by molar-refractivity contribution is 0.103. The third-order valence-electron chi connectivity index (χ3n) is 3.67. The fourth-order valence-electron chi connectivity index (χ4n) is 2.50. The minimum absolute atomic E-state index is 0.00449. The first-order valence-electron chi connectivity index (χ1n) is 7.82. The standard InChI is InChI=1S/C19H23NO2/c1-4-20(5-2)16-12-13-17(18(14-16)22-6-3)19(21)15-10-8-7-9-11-15/h7-14H,4-6H2,1-3H3. The highest BCUT2D eigenvalue weighted by Crippen LogP contribution is 2.28. The first kappa shape index (κ1) is 16.1. The summed E-state index contributed by atoms with van der Waals surface area (Å²) in [7, 11) is 0. The second-order valence-corrected chi connectivity index (χ2v) is 4.98. The zero-order valence-corrected chi connectivity index (χ0v) is 13.5. The number of rotatable bonds is 7. The molecular weight excluding hydrogens is 274 g/mol. The van der Waals surface area contributed by atoms with Crippen molar-refractivity contribution in [2.24, 2.45) is 0 Å². The lowest BCUT2D eigenvalue weighted by atomic mass is 10.0. The van der Waals surface area contributed by atoms with Crippen LogP contribution in [0.5, 0.6) is 5.75 Å². The third-order valence-corrected chi connectivity index (χ3v) is 3.67. The maximum Gasteiger partial charge on any atom is 0.196 e. The molecule has 0 spiro atoms. The average molecular weight is 297 g/mol. The van der Waals surface area contributed by atoms with E-state index in [9.17, 15) is 4.79 Å². The number of carbonyl (C=O) groups is 1. The third kappa shape index (κ3) is 3.48. The summed E-state index contributed by atoms with van der Waals surface area (Å²) in [6, 6.07) is 15.1. The Hall–Kier alpha value is -2.29. The zero-order chi connectivity index (χ0) is 15.9. The van der Waals surface area contributed by atoms with E-state index in [0.717, 1.165) is 18.8 Å². The quantitative estimate of drug-likeness (QED) is 0.719. The molecule has 0 bridgehead atoms. The van der Waals surface area contributed by atoms with Crippen LogP contribution >= 0.6 is 0 Å². The van der Waals surface area contributed by atoms with Crippen LogP contribution in [0.1, 0.15) is 36.7 Å². The molecule has 0 atom stereocenters. The molecule has 0 aromatic heterocycles. The number of anilines is 1. The number of ketones is 1. The van der Waals surface area contributed by atoms with Crippen LogP contribution in [0.15, 0.2) is 48.5 Å². The molecule has 2 rings (SSSR count). The molecule has 0 heterocycles. The molecule has 0 saturated heterocycles. The van der Waals surface area contributed by atoms with E-state index >= 15 is 0 Å². The fourth-order valence-corrected chi connectivity index (χ4v) is 2.50.